The summed E-state index contributed by atoms with van der Waals surface area (Å²) in [5, 5.41) is 0. The van der Waals surface area contributed by atoms with E-state index >= 15 is 0 Å². The summed E-state index contributed by atoms with van der Waals surface area (Å²) in [6, 6.07) is 5.86. The molecule has 7 heteroatoms. The van der Waals surface area contributed by atoms with Gasteiger partial charge in [-0.05, 0) is 37.4 Å². The molecule has 0 spiro atoms. The minimum absolute atomic E-state index is 0.0673. The van der Waals surface area contributed by atoms with Crippen LogP contribution >= 0.6 is 0 Å². The van der Waals surface area contributed by atoms with Gasteiger partial charge in [0.25, 0.3) is 0 Å². The second-order valence-corrected chi connectivity index (χ2v) is 8.10. The highest BCUT2D eigenvalue weighted by molar-refractivity contribution is 7.91. The van der Waals surface area contributed by atoms with Crippen LogP contribution in [-0.4, -0.2) is 32.4 Å². The van der Waals surface area contributed by atoms with Gasteiger partial charge < -0.3 is 5.73 Å². The van der Waals surface area contributed by atoms with Crippen molar-refractivity contribution in [1.82, 2.24) is 0 Å². The summed E-state index contributed by atoms with van der Waals surface area (Å²) in [5.74, 6) is -3.29. The summed E-state index contributed by atoms with van der Waals surface area (Å²) in [5.41, 5.74) is 5.65. The third-order valence-electron chi connectivity index (χ3n) is 4.18. The van der Waals surface area contributed by atoms with Crippen LogP contribution in [0.15, 0.2) is 29.2 Å². The van der Waals surface area contributed by atoms with Crippen molar-refractivity contribution in [2.75, 3.05) is 12.3 Å². The fraction of sp³-hybridized carbons (Fsp3) is 0.562. The molecule has 1 aliphatic carbocycles. The quantitative estimate of drug-likeness (QED) is 0.804. The topological polar surface area (TPSA) is 77.2 Å². The number of Topliss-reactive ketones (excluding diaryl/α,β-unsaturated/α-hetero) is 1. The van der Waals surface area contributed by atoms with Crippen LogP contribution < -0.4 is 5.73 Å². The first-order chi connectivity index (χ1) is 10.7. The zero-order valence-corrected chi connectivity index (χ0v) is 13.6. The number of carbonyl (C=O) groups is 1. The second kappa shape index (κ2) is 7.05. The second-order valence-electron chi connectivity index (χ2n) is 6.07. The van der Waals surface area contributed by atoms with Crippen LogP contribution in [0.1, 0.15) is 42.5 Å². The third kappa shape index (κ3) is 4.81. The summed E-state index contributed by atoms with van der Waals surface area (Å²) in [4.78, 5) is 11.9. The number of hydrogen-bond acceptors (Lipinski definition) is 4. The molecule has 0 unspecified atom stereocenters. The van der Waals surface area contributed by atoms with Crippen LogP contribution in [-0.2, 0) is 9.84 Å². The SMILES string of the molecule is NCCC(=O)c1cccc(S(=O)(=O)CC2CCC(F)(F)CC2)c1. The van der Waals surface area contributed by atoms with E-state index in [9.17, 15) is 22.0 Å². The minimum Gasteiger partial charge on any atom is -0.330 e. The minimum atomic E-state index is -3.60. The Balaban J connectivity index is 2.11. The maximum atomic E-state index is 13.2. The maximum absolute atomic E-state index is 13.2. The van der Waals surface area contributed by atoms with Crippen LogP contribution in [0.5, 0.6) is 0 Å². The van der Waals surface area contributed by atoms with Gasteiger partial charge in [-0.15, -0.1) is 0 Å². The van der Waals surface area contributed by atoms with Gasteiger partial charge in [-0.1, -0.05) is 12.1 Å². The van der Waals surface area contributed by atoms with E-state index in [-0.39, 0.29) is 61.0 Å². The third-order valence-corrected chi connectivity index (χ3v) is 6.06. The van der Waals surface area contributed by atoms with Crippen molar-refractivity contribution < 1.29 is 22.0 Å². The lowest BCUT2D eigenvalue weighted by Crippen LogP contribution is -2.28. The number of ketones is 1. The van der Waals surface area contributed by atoms with Gasteiger partial charge in [0.05, 0.1) is 10.6 Å². The molecule has 0 aromatic heterocycles. The van der Waals surface area contributed by atoms with E-state index in [1.54, 1.807) is 6.07 Å². The molecule has 0 aliphatic heterocycles. The molecule has 1 fully saturated rings. The molecule has 0 heterocycles. The number of halogens is 2. The molecule has 0 saturated heterocycles. The van der Waals surface area contributed by atoms with Crippen molar-refractivity contribution in [3.63, 3.8) is 0 Å². The molecule has 0 bridgehead atoms. The van der Waals surface area contributed by atoms with Gasteiger partial charge in [-0.3, -0.25) is 4.79 Å². The van der Waals surface area contributed by atoms with Crippen molar-refractivity contribution in [2.45, 2.75) is 42.9 Å². The van der Waals surface area contributed by atoms with Crippen LogP contribution in [0, 0.1) is 5.92 Å². The monoisotopic (exact) mass is 345 g/mol. The highest BCUT2D eigenvalue weighted by atomic mass is 32.2. The number of rotatable bonds is 6. The van der Waals surface area contributed by atoms with E-state index in [0.717, 1.165) is 0 Å². The molecule has 1 saturated carbocycles. The summed E-state index contributed by atoms with van der Waals surface area (Å²) < 4.78 is 51.2. The molecule has 0 amide bonds. The molecule has 1 aromatic rings. The van der Waals surface area contributed by atoms with E-state index < -0.39 is 15.8 Å². The van der Waals surface area contributed by atoms with E-state index in [2.05, 4.69) is 0 Å². The number of carbonyl (C=O) groups excluding carboxylic acids is 1. The van der Waals surface area contributed by atoms with Gasteiger partial charge in [0.2, 0.25) is 5.92 Å². The van der Waals surface area contributed by atoms with Crippen molar-refractivity contribution in [2.24, 2.45) is 11.7 Å². The Bertz CT molecular complexity index is 664. The summed E-state index contributed by atoms with van der Waals surface area (Å²) >= 11 is 0. The predicted molar refractivity (Wildman–Crippen MR) is 83.4 cm³/mol. The lowest BCUT2D eigenvalue weighted by Gasteiger charge is -2.27. The lowest BCUT2D eigenvalue weighted by molar-refractivity contribution is -0.0435. The number of hydrogen-bond donors (Lipinski definition) is 1. The van der Waals surface area contributed by atoms with E-state index in [4.69, 9.17) is 5.73 Å². The van der Waals surface area contributed by atoms with Crippen molar-refractivity contribution >= 4 is 15.6 Å². The first kappa shape index (κ1) is 18.0. The molecule has 0 radical (unpaired) electrons. The van der Waals surface area contributed by atoms with Gasteiger partial charge in [-0.25, -0.2) is 17.2 Å². The lowest BCUT2D eigenvalue weighted by atomic mass is 9.88. The zero-order chi connectivity index (χ0) is 17.1. The van der Waals surface area contributed by atoms with Crippen LogP contribution in [0.3, 0.4) is 0 Å². The molecular weight excluding hydrogens is 324 g/mol. The molecule has 1 aromatic carbocycles. The Labute approximate surface area is 135 Å². The average molecular weight is 345 g/mol. The number of benzene rings is 1. The normalized spacial score (nSPS) is 18.7. The Morgan fingerprint density at radius 2 is 1.91 bits per heavy atom. The van der Waals surface area contributed by atoms with Crippen molar-refractivity contribution in [1.29, 1.82) is 0 Å². The Morgan fingerprint density at radius 3 is 2.52 bits per heavy atom. The first-order valence-corrected chi connectivity index (χ1v) is 9.33. The Morgan fingerprint density at radius 1 is 1.26 bits per heavy atom. The van der Waals surface area contributed by atoms with Crippen molar-refractivity contribution in [3.8, 4) is 0 Å². The Hall–Kier alpha value is -1.34. The molecule has 23 heavy (non-hydrogen) atoms. The highest BCUT2D eigenvalue weighted by Crippen LogP contribution is 2.37. The van der Waals surface area contributed by atoms with E-state index in [0.29, 0.717) is 5.56 Å². The van der Waals surface area contributed by atoms with Gasteiger partial charge in [0, 0.05) is 24.8 Å². The molecular formula is C16H21F2NO3S. The van der Waals surface area contributed by atoms with Gasteiger partial charge in [0.15, 0.2) is 15.6 Å². The zero-order valence-electron chi connectivity index (χ0n) is 12.8. The van der Waals surface area contributed by atoms with Crippen LogP contribution in [0.2, 0.25) is 0 Å². The largest absolute Gasteiger partial charge is 0.330 e. The van der Waals surface area contributed by atoms with Crippen LogP contribution in [0.4, 0.5) is 8.78 Å². The number of nitrogens with two attached hydrogens (primary N) is 1. The van der Waals surface area contributed by atoms with E-state index in [1.165, 1.54) is 18.2 Å². The molecule has 2 rings (SSSR count). The predicted octanol–water partition coefficient (Wildman–Crippen LogP) is 2.82. The van der Waals surface area contributed by atoms with Gasteiger partial charge in [-0.2, -0.15) is 0 Å². The molecule has 128 valence electrons. The highest BCUT2D eigenvalue weighted by Gasteiger charge is 2.36. The molecule has 4 nitrogen and oxygen atoms in total. The smallest absolute Gasteiger partial charge is 0.248 e. The molecule has 0 atom stereocenters. The van der Waals surface area contributed by atoms with Gasteiger partial charge >= 0.3 is 0 Å². The van der Waals surface area contributed by atoms with Gasteiger partial charge in [0.1, 0.15) is 0 Å². The number of sulfone groups is 1. The maximum Gasteiger partial charge on any atom is 0.248 e. The molecule has 1 aliphatic rings. The summed E-state index contributed by atoms with van der Waals surface area (Å²) in [6.45, 7) is 0.200. The average Bonchev–Trinajstić information content (AvgIpc) is 2.50. The fourth-order valence-electron chi connectivity index (χ4n) is 2.81. The molecule has 2 N–H and O–H groups in total. The number of alkyl halides is 2. The van der Waals surface area contributed by atoms with Crippen LogP contribution in [0.25, 0.3) is 0 Å². The first-order valence-electron chi connectivity index (χ1n) is 7.67. The van der Waals surface area contributed by atoms with E-state index in [1.807, 2.05) is 0 Å². The fourth-order valence-corrected chi connectivity index (χ4v) is 4.55. The standard InChI is InChI=1S/C16H21F2NO3S/c17-16(18)7-4-12(5-8-16)11-23(21,22)14-3-1-2-13(10-14)15(20)6-9-19/h1-3,10,12H,4-9,11,19H2. The summed E-state index contributed by atoms with van der Waals surface area (Å²) in [7, 11) is -3.60. The van der Waals surface area contributed by atoms with Crippen molar-refractivity contribution in [3.05, 3.63) is 29.8 Å². The summed E-state index contributed by atoms with van der Waals surface area (Å²) in [6.07, 6.45) is 0.0433. The Kier molecular flexibility index (Phi) is 5.52.